The fraction of sp³-hybridized carbons (Fsp3) is 0.417. The molecule has 0 saturated carbocycles. The van der Waals surface area contributed by atoms with Gasteiger partial charge < -0.3 is 10.0 Å². The van der Waals surface area contributed by atoms with Crippen molar-refractivity contribution in [3.05, 3.63) is 33.7 Å². The van der Waals surface area contributed by atoms with E-state index in [1.807, 2.05) is 11.1 Å². The van der Waals surface area contributed by atoms with Crippen molar-refractivity contribution < 1.29 is 5.11 Å². The maximum Gasteiger partial charge on any atom is 0.106 e. The Morgan fingerprint density at radius 3 is 2.81 bits per heavy atom. The van der Waals surface area contributed by atoms with Crippen LogP contribution in [0.4, 0.5) is 0 Å². The van der Waals surface area contributed by atoms with E-state index in [1.165, 1.54) is 16.0 Å². The quantitative estimate of drug-likeness (QED) is 0.873. The van der Waals surface area contributed by atoms with Crippen LogP contribution in [0.1, 0.15) is 22.0 Å². The van der Waals surface area contributed by atoms with Crippen LogP contribution in [0.25, 0.3) is 0 Å². The van der Waals surface area contributed by atoms with Gasteiger partial charge in [-0.3, -0.25) is 4.99 Å². The molecule has 1 atom stereocenters. The summed E-state index contributed by atoms with van der Waals surface area (Å²) in [5.74, 6) is 0. The van der Waals surface area contributed by atoms with Gasteiger partial charge in [-0.1, -0.05) is 0 Å². The summed E-state index contributed by atoms with van der Waals surface area (Å²) in [6.45, 7) is 5.03. The Bertz CT molecular complexity index is 409. The molecule has 0 bridgehead atoms. The molecule has 1 aromatic heterocycles. The molecule has 1 unspecified atom stereocenters. The second-order valence-electron chi connectivity index (χ2n) is 3.92. The third kappa shape index (κ3) is 2.18. The molecule has 0 aromatic carbocycles. The van der Waals surface area contributed by atoms with Crippen molar-refractivity contribution >= 4 is 17.7 Å². The SMILES string of the molecule is Cc1csc(C2C=CN(CCO)C=N2)c1C. The van der Waals surface area contributed by atoms with Crippen LogP contribution in [0, 0.1) is 13.8 Å². The van der Waals surface area contributed by atoms with Gasteiger partial charge >= 0.3 is 0 Å². The molecule has 16 heavy (non-hydrogen) atoms. The van der Waals surface area contributed by atoms with Crippen LogP contribution in [0.2, 0.25) is 0 Å². The van der Waals surface area contributed by atoms with Gasteiger partial charge in [0.25, 0.3) is 0 Å². The number of hydrogen-bond donors (Lipinski definition) is 1. The Balaban J connectivity index is 2.12. The van der Waals surface area contributed by atoms with Gasteiger partial charge in [-0.2, -0.15) is 0 Å². The first-order valence-electron chi connectivity index (χ1n) is 5.35. The zero-order valence-corrected chi connectivity index (χ0v) is 10.4. The summed E-state index contributed by atoms with van der Waals surface area (Å²) < 4.78 is 0. The van der Waals surface area contributed by atoms with Gasteiger partial charge in [-0.25, -0.2) is 0 Å². The van der Waals surface area contributed by atoms with Crippen molar-refractivity contribution in [3.63, 3.8) is 0 Å². The fourth-order valence-corrected chi connectivity index (χ4v) is 2.75. The smallest absolute Gasteiger partial charge is 0.106 e. The van der Waals surface area contributed by atoms with Gasteiger partial charge in [0.05, 0.1) is 12.9 Å². The molecule has 4 heteroatoms. The van der Waals surface area contributed by atoms with Gasteiger partial charge in [0, 0.05) is 17.6 Å². The highest BCUT2D eigenvalue weighted by Crippen LogP contribution is 2.31. The highest BCUT2D eigenvalue weighted by atomic mass is 32.1. The summed E-state index contributed by atoms with van der Waals surface area (Å²) in [7, 11) is 0. The Labute approximate surface area is 99.7 Å². The van der Waals surface area contributed by atoms with E-state index in [2.05, 4.69) is 30.3 Å². The number of aliphatic imine (C=N–C) groups is 1. The lowest BCUT2D eigenvalue weighted by atomic mass is 10.1. The Hall–Kier alpha value is -1.13. The van der Waals surface area contributed by atoms with Crippen molar-refractivity contribution in [1.29, 1.82) is 0 Å². The lowest BCUT2D eigenvalue weighted by Crippen LogP contribution is -2.22. The number of β-amino-alcohol motifs (C(OH)–C–C–N with tert-alkyl or cyclic N) is 1. The van der Waals surface area contributed by atoms with Crippen LogP contribution in [0.15, 0.2) is 22.6 Å². The highest BCUT2D eigenvalue weighted by molar-refractivity contribution is 7.10. The number of thiophene rings is 1. The monoisotopic (exact) mass is 236 g/mol. The first-order chi connectivity index (χ1) is 7.72. The molecule has 1 N–H and O–H groups in total. The summed E-state index contributed by atoms with van der Waals surface area (Å²) in [6.07, 6.45) is 5.87. The number of aliphatic hydroxyl groups excluding tert-OH is 1. The third-order valence-electron chi connectivity index (χ3n) is 2.79. The molecule has 3 nitrogen and oxygen atoms in total. The zero-order chi connectivity index (χ0) is 11.5. The second kappa shape index (κ2) is 4.80. The maximum absolute atomic E-state index is 8.81. The Morgan fingerprint density at radius 1 is 1.50 bits per heavy atom. The third-order valence-corrected chi connectivity index (χ3v) is 4.06. The van der Waals surface area contributed by atoms with Crippen LogP contribution in [-0.2, 0) is 0 Å². The molecule has 2 rings (SSSR count). The fourth-order valence-electron chi connectivity index (χ4n) is 1.66. The average Bonchev–Trinajstić information content (AvgIpc) is 2.62. The molecular formula is C12H16N2OS. The predicted molar refractivity (Wildman–Crippen MR) is 68.0 cm³/mol. The summed E-state index contributed by atoms with van der Waals surface area (Å²) >= 11 is 1.76. The first-order valence-corrected chi connectivity index (χ1v) is 6.23. The molecule has 1 aromatic rings. The molecular weight excluding hydrogens is 220 g/mol. The van der Waals surface area contributed by atoms with Crippen molar-refractivity contribution in [2.75, 3.05) is 13.2 Å². The number of hydrogen-bond acceptors (Lipinski definition) is 4. The number of aliphatic hydroxyl groups is 1. The minimum absolute atomic E-state index is 0.147. The molecule has 1 aliphatic heterocycles. The van der Waals surface area contributed by atoms with Gasteiger partial charge in [0.1, 0.15) is 6.04 Å². The molecule has 0 spiro atoms. The molecule has 2 heterocycles. The Morgan fingerprint density at radius 2 is 2.31 bits per heavy atom. The molecule has 0 fully saturated rings. The number of rotatable bonds is 3. The van der Waals surface area contributed by atoms with Crippen LogP contribution < -0.4 is 0 Å². The topological polar surface area (TPSA) is 35.8 Å². The van der Waals surface area contributed by atoms with E-state index in [1.54, 1.807) is 17.7 Å². The predicted octanol–water partition coefficient (Wildman–Crippen LogP) is 2.26. The number of aryl methyl sites for hydroxylation is 1. The van der Waals surface area contributed by atoms with Crippen LogP contribution in [0.3, 0.4) is 0 Å². The standard InChI is InChI=1S/C12H16N2OS/c1-9-7-16-12(10(9)2)11-3-4-14(5-6-15)8-13-11/h3-4,7-8,11,15H,5-6H2,1-2H3. The molecule has 0 saturated heterocycles. The van der Waals surface area contributed by atoms with Crippen molar-refractivity contribution in [2.45, 2.75) is 19.9 Å². The zero-order valence-electron chi connectivity index (χ0n) is 9.55. The number of nitrogens with zero attached hydrogens (tertiary/aromatic N) is 2. The highest BCUT2D eigenvalue weighted by Gasteiger charge is 2.15. The van der Waals surface area contributed by atoms with Gasteiger partial charge in [0.15, 0.2) is 0 Å². The van der Waals surface area contributed by atoms with Crippen molar-refractivity contribution in [2.24, 2.45) is 4.99 Å². The van der Waals surface area contributed by atoms with Gasteiger partial charge in [0.2, 0.25) is 0 Å². The van der Waals surface area contributed by atoms with Crippen molar-refractivity contribution in [3.8, 4) is 0 Å². The normalized spacial score (nSPS) is 19.4. The van der Waals surface area contributed by atoms with Crippen molar-refractivity contribution in [1.82, 2.24) is 4.90 Å². The van der Waals surface area contributed by atoms with Gasteiger partial charge in [-0.15, -0.1) is 11.3 Å². The van der Waals surface area contributed by atoms with Crippen LogP contribution in [0.5, 0.6) is 0 Å². The summed E-state index contributed by atoms with van der Waals surface area (Å²) in [5, 5.41) is 11.0. The Kier molecular flexibility index (Phi) is 3.41. The maximum atomic E-state index is 8.81. The minimum atomic E-state index is 0.147. The molecule has 0 aliphatic carbocycles. The molecule has 1 aliphatic rings. The van der Waals surface area contributed by atoms with E-state index < -0.39 is 0 Å². The van der Waals surface area contributed by atoms with Crippen LogP contribution in [-0.4, -0.2) is 29.5 Å². The van der Waals surface area contributed by atoms with E-state index in [-0.39, 0.29) is 12.6 Å². The van der Waals surface area contributed by atoms with E-state index in [9.17, 15) is 0 Å². The lowest BCUT2D eigenvalue weighted by Gasteiger charge is -2.19. The largest absolute Gasteiger partial charge is 0.395 e. The lowest BCUT2D eigenvalue weighted by molar-refractivity contribution is 0.271. The van der Waals surface area contributed by atoms with E-state index in [4.69, 9.17) is 5.11 Å². The van der Waals surface area contributed by atoms with Crippen LogP contribution >= 0.6 is 11.3 Å². The average molecular weight is 236 g/mol. The van der Waals surface area contributed by atoms with E-state index in [0.29, 0.717) is 6.54 Å². The first kappa shape index (κ1) is 11.4. The summed E-state index contributed by atoms with van der Waals surface area (Å²) in [5.41, 5.74) is 2.67. The summed E-state index contributed by atoms with van der Waals surface area (Å²) in [4.78, 5) is 7.70. The molecule has 0 radical (unpaired) electrons. The molecule has 0 amide bonds. The van der Waals surface area contributed by atoms with Gasteiger partial charge in [-0.05, 0) is 36.4 Å². The van der Waals surface area contributed by atoms with E-state index in [0.717, 1.165) is 0 Å². The molecule has 86 valence electrons. The second-order valence-corrected chi connectivity index (χ2v) is 4.83. The minimum Gasteiger partial charge on any atom is -0.395 e. The summed E-state index contributed by atoms with van der Waals surface area (Å²) in [6, 6.07) is 0.147. The van der Waals surface area contributed by atoms with E-state index >= 15 is 0 Å².